The molecule has 132 valence electrons. The molecule has 0 fully saturated rings. The first-order valence-electron chi connectivity index (χ1n) is 8.19. The molecule has 2 heterocycles. The van der Waals surface area contributed by atoms with Gasteiger partial charge in [-0.2, -0.15) is 0 Å². The summed E-state index contributed by atoms with van der Waals surface area (Å²) in [6, 6.07) is 13.5. The number of nitrogens with one attached hydrogen (secondary N) is 2. The maximum Gasteiger partial charge on any atom is 0.270 e. The average molecular weight is 351 g/mol. The van der Waals surface area contributed by atoms with E-state index in [2.05, 4.69) is 25.6 Å². The maximum atomic E-state index is 12.9. The minimum Gasteiger partial charge on any atom is -0.364 e. The number of aromatic nitrogens is 3. The standard InChI is InChI=1S/C19H18FN5O/c20-15-6-4-14(5-7-15)8-10-22-19(26)17-11-18(25-13-24-17)23-12-16-3-1-2-9-21-16/h1-7,9,11,13H,8,10,12H2,(H,22,26)(H,23,24,25). The van der Waals surface area contributed by atoms with Gasteiger partial charge in [0.25, 0.3) is 5.91 Å². The molecule has 3 rings (SSSR count). The number of hydrogen-bond donors (Lipinski definition) is 2. The van der Waals surface area contributed by atoms with E-state index >= 15 is 0 Å². The van der Waals surface area contributed by atoms with Crippen molar-refractivity contribution < 1.29 is 9.18 Å². The Labute approximate surface area is 150 Å². The Morgan fingerprint density at radius 3 is 2.65 bits per heavy atom. The summed E-state index contributed by atoms with van der Waals surface area (Å²) in [5.74, 6) is -0.00533. The van der Waals surface area contributed by atoms with Crippen molar-refractivity contribution in [2.45, 2.75) is 13.0 Å². The second-order valence-corrected chi connectivity index (χ2v) is 5.60. The Balaban J connectivity index is 1.51. The summed E-state index contributed by atoms with van der Waals surface area (Å²) in [7, 11) is 0. The fourth-order valence-electron chi connectivity index (χ4n) is 2.32. The number of pyridine rings is 1. The van der Waals surface area contributed by atoms with E-state index in [0.717, 1.165) is 11.3 Å². The zero-order chi connectivity index (χ0) is 18.2. The quantitative estimate of drug-likeness (QED) is 0.684. The topological polar surface area (TPSA) is 79.8 Å². The molecule has 0 atom stereocenters. The van der Waals surface area contributed by atoms with Crippen LogP contribution in [0, 0.1) is 5.82 Å². The number of halogens is 1. The van der Waals surface area contributed by atoms with Crippen molar-refractivity contribution in [1.82, 2.24) is 20.3 Å². The summed E-state index contributed by atoms with van der Waals surface area (Å²) in [5.41, 5.74) is 2.10. The van der Waals surface area contributed by atoms with Gasteiger partial charge in [-0.05, 0) is 36.2 Å². The number of nitrogens with zero attached hydrogens (tertiary/aromatic N) is 3. The second kappa shape index (κ2) is 8.66. The van der Waals surface area contributed by atoms with Crippen molar-refractivity contribution in [3.05, 3.63) is 83.8 Å². The zero-order valence-electron chi connectivity index (χ0n) is 14.0. The van der Waals surface area contributed by atoms with Gasteiger partial charge in [0.2, 0.25) is 0 Å². The largest absolute Gasteiger partial charge is 0.364 e. The average Bonchev–Trinajstić information content (AvgIpc) is 2.69. The van der Waals surface area contributed by atoms with Gasteiger partial charge in [-0.25, -0.2) is 14.4 Å². The lowest BCUT2D eigenvalue weighted by molar-refractivity contribution is 0.0949. The number of anilines is 1. The van der Waals surface area contributed by atoms with Gasteiger partial charge < -0.3 is 10.6 Å². The van der Waals surface area contributed by atoms with Gasteiger partial charge in [-0.15, -0.1) is 0 Å². The van der Waals surface area contributed by atoms with Crippen molar-refractivity contribution in [2.75, 3.05) is 11.9 Å². The molecule has 2 aromatic heterocycles. The summed E-state index contributed by atoms with van der Waals surface area (Å²) in [4.78, 5) is 24.5. The number of benzene rings is 1. The van der Waals surface area contributed by atoms with Gasteiger partial charge in [-0.3, -0.25) is 9.78 Å². The fraction of sp³-hybridized carbons (Fsp3) is 0.158. The van der Waals surface area contributed by atoms with Crippen LogP contribution in [0.15, 0.2) is 61.1 Å². The van der Waals surface area contributed by atoms with Crippen molar-refractivity contribution in [2.24, 2.45) is 0 Å². The van der Waals surface area contributed by atoms with E-state index < -0.39 is 0 Å². The monoisotopic (exact) mass is 351 g/mol. The maximum absolute atomic E-state index is 12.9. The predicted molar refractivity (Wildman–Crippen MR) is 96.0 cm³/mol. The van der Waals surface area contributed by atoms with Gasteiger partial charge in [0.1, 0.15) is 23.7 Å². The highest BCUT2D eigenvalue weighted by molar-refractivity contribution is 5.92. The Kier molecular flexibility index (Phi) is 5.82. The normalized spacial score (nSPS) is 10.3. The van der Waals surface area contributed by atoms with E-state index in [1.807, 2.05) is 18.2 Å². The third-order valence-electron chi connectivity index (χ3n) is 3.69. The lowest BCUT2D eigenvalue weighted by Crippen LogP contribution is -2.26. The molecule has 0 bridgehead atoms. The van der Waals surface area contributed by atoms with E-state index in [9.17, 15) is 9.18 Å². The predicted octanol–water partition coefficient (Wildman–Crippen LogP) is 2.60. The molecule has 0 aliphatic carbocycles. The third-order valence-corrected chi connectivity index (χ3v) is 3.69. The molecule has 0 aliphatic heterocycles. The first-order valence-corrected chi connectivity index (χ1v) is 8.19. The van der Waals surface area contributed by atoms with Crippen LogP contribution >= 0.6 is 0 Å². The Morgan fingerprint density at radius 1 is 1.04 bits per heavy atom. The van der Waals surface area contributed by atoms with E-state index in [1.54, 1.807) is 24.4 Å². The minimum absolute atomic E-state index is 0.274. The molecule has 26 heavy (non-hydrogen) atoms. The van der Waals surface area contributed by atoms with Crippen LogP contribution in [0.5, 0.6) is 0 Å². The molecule has 0 aliphatic rings. The Morgan fingerprint density at radius 2 is 1.88 bits per heavy atom. The molecular weight excluding hydrogens is 333 g/mol. The van der Waals surface area contributed by atoms with Gasteiger partial charge in [0.05, 0.1) is 12.2 Å². The molecule has 7 heteroatoms. The molecule has 3 aromatic rings. The van der Waals surface area contributed by atoms with Gasteiger partial charge in [-0.1, -0.05) is 18.2 Å². The van der Waals surface area contributed by atoms with Crippen molar-refractivity contribution >= 4 is 11.7 Å². The molecule has 0 saturated carbocycles. The summed E-state index contributed by atoms with van der Waals surface area (Å²) in [6.07, 6.45) is 3.68. The van der Waals surface area contributed by atoms with E-state index in [1.165, 1.54) is 18.5 Å². The number of amides is 1. The summed E-state index contributed by atoms with van der Waals surface area (Å²) >= 11 is 0. The smallest absolute Gasteiger partial charge is 0.270 e. The van der Waals surface area contributed by atoms with Crippen molar-refractivity contribution in [1.29, 1.82) is 0 Å². The van der Waals surface area contributed by atoms with Crippen LogP contribution in [0.4, 0.5) is 10.2 Å². The summed E-state index contributed by atoms with van der Waals surface area (Å²) < 4.78 is 12.9. The lowest BCUT2D eigenvalue weighted by Gasteiger charge is -2.07. The number of rotatable bonds is 7. The van der Waals surface area contributed by atoms with Gasteiger partial charge in [0.15, 0.2) is 0 Å². The number of carbonyl (C=O) groups excluding carboxylic acids is 1. The number of hydrogen-bond acceptors (Lipinski definition) is 5. The van der Waals surface area contributed by atoms with Crippen LogP contribution in [-0.2, 0) is 13.0 Å². The molecule has 0 spiro atoms. The van der Waals surface area contributed by atoms with Crippen LogP contribution < -0.4 is 10.6 Å². The number of carbonyl (C=O) groups is 1. The molecule has 0 radical (unpaired) electrons. The molecule has 0 unspecified atom stereocenters. The Hall–Kier alpha value is -3.35. The highest BCUT2D eigenvalue weighted by Gasteiger charge is 2.08. The fourth-order valence-corrected chi connectivity index (χ4v) is 2.32. The molecular formula is C19H18FN5O. The van der Waals surface area contributed by atoms with Crippen LogP contribution in [0.1, 0.15) is 21.7 Å². The first-order chi connectivity index (χ1) is 12.7. The molecule has 2 N–H and O–H groups in total. The molecule has 0 saturated heterocycles. The third kappa shape index (κ3) is 5.07. The van der Waals surface area contributed by atoms with Gasteiger partial charge >= 0.3 is 0 Å². The highest BCUT2D eigenvalue weighted by Crippen LogP contribution is 2.07. The first kappa shape index (κ1) is 17.5. The van der Waals surface area contributed by atoms with Crippen LogP contribution in [0.25, 0.3) is 0 Å². The van der Waals surface area contributed by atoms with E-state index in [0.29, 0.717) is 25.3 Å². The zero-order valence-corrected chi connectivity index (χ0v) is 14.0. The SMILES string of the molecule is O=C(NCCc1ccc(F)cc1)c1cc(NCc2ccccn2)ncn1. The summed E-state index contributed by atoms with van der Waals surface area (Å²) in [5, 5.41) is 5.91. The highest BCUT2D eigenvalue weighted by atomic mass is 19.1. The summed E-state index contributed by atoms with van der Waals surface area (Å²) in [6.45, 7) is 0.939. The van der Waals surface area contributed by atoms with Crippen LogP contribution in [0.2, 0.25) is 0 Å². The van der Waals surface area contributed by atoms with Crippen LogP contribution in [-0.4, -0.2) is 27.4 Å². The van der Waals surface area contributed by atoms with Crippen LogP contribution in [0.3, 0.4) is 0 Å². The van der Waals surface area contributed by atoms with Crippen molar-refractivity contribution in [3.8, 4) is 0 Å². The second-order valence-electron chi connectivity index (χ2n) is 5.60. The molecule has 1 aromatic carbocycles. The van der Waals surface area contributed by atoms with Gasteiger partial charge in [0, 0.05) is 18.8 Å². The van der Waals surface area contributed by atoms with E-state index in [-0.39, 0.29) is 17.4 Å². The van der Waals surface area contributed by atoms with Crippen molar-refractivity contribution in [3.63, 3.8) is 0 Å². The molecule has 1 amide bonds. The minimum atomic E-state index is -0.282. The van der Waals surface area contributed by atoms with E-state index in [4.69, 9.17) is 0 Å². The molecule has 6 nitrogen and oxygen atoms in total. The lowest BCUT2D eigenvalue weighted by atomic mass is 10.1. The Bertz CT molecular complexity index is 855.